The van der Waals surface area contributed by atoms with Crippen LogP contribution in [0.4, 0.5) is 5.95 Å². The van der Waals surface area contributed by atoms with E-state index in [2.05, 4.69) is 19.7 Å². The fraction of sp³-hybridized carbons (Fsp3) is 0.267. The van der Waals surface area contributed by atoms with Crippen LogP contribution in [0.1, 0.15) is 27.5 Å². The molecule has 0 fully saturated rings. The van der Waals surface area contributed by atoms with Crippen LogP contribution in [0.5, 0.6) is 0 Å². The quantitative estimate of drug-likeness (QED) is 0.531. The maximum atomic E-state index is 12.5. The number of rotatable bonds is 6. The minimum atomic E-state index is 0.0390. The third kappa shape index (κ3) is 3.31. The van der Waals surface area contributed by atoms with E-state index in [1.807, 2.05) is 32.0 Å². The van der Waals surface area contributed by atoms with Crippen LogP contribution >= 0.6 is 11.8 Å². The van der Waals surface area contributed by atoms with Crippen LogP contribution in [0.2, 0.25) is 0 Å². The number of aromatic amines is 1. The van der Waals surface area contributed by atoms with Crippen LogP contribution < -0.4 is 5.73 Å². The molecule has 0 aliphatic heterocycles. The van der Waals surface area contributed by atoms with Crippen molar-refractivity contribution in [2.75, 3.05) is 11.5 Å². The minimum Gasteiger partial charge on any atom is -0.467 e. The molecule has 0 aromatic carbocycles. The number of Topliss-reactive ketones (excluding diaryl/α,β-unsaturated/α-hetero) is 1. The molecule has 0 unspecified atom stereocenters. The van der Waals surface area contributed by atoms with E-state index in [0.29, 0.717) is 17.3 Å². The highest BCUT2D eigenvalue weighted by molar-refractivity contribution is 7.99. The molecule has 3 rings (SSSR count). The van der Waals surface area contributed by atoms with Crippen molar-refractivity contribution in [3.05, 3.63) is 47.2 Å². The second kappa shape index (κ2) is 6.33. The minimum absolute atomic E-state index is 0.0390. The molecule has 0 spiro atoms. The fourth-order valence-electron chi connectivity index (χ4n) is 2.42. The van der Waals surface area contributed by atoms with Crippen molar-refractivity contribution in [3.63, 3.8) is 0 Å². The number of aromatic nitrogens is 4. The van der Waals surface area contributed by atoms with Crippen molar-refractivity contribution in [2.45, 2.75) is 25.5 Å². The number of ketones is 1. The van der Waals surface area contributed by atoms with Crippen LogP contribution in [0.25, 0.3) is 0 Å². The summed E-state index contributed by atoms with van der Waals surface area (Å²) in [6.45, 7) is 4.54. The Morgan fingerprint density at radius 1 is 1.48 bits per heavy atom. The van der Waals surface area contributed by atoms with Gasteiger partial charge in [-0.2, -0.15) is 4.98 Å². The van der Waals surface area contributed by atoms with Gasteiger partial charge in [-0.3, -0.25) is 4.79 Å². The summed E-state index contributed by atoms with van der Waals surface area (Å²) in [7, 11) is 0. The molecule has 3 N–H and O–H groups in total. The molecular weight excluding hydrogens is 314 g/mol. The molecule has 120 valence electrons. The van der Waals surface area contributed by atoms with Crippen molar-refractivity contribution in [2.24, 2.45) is 0 Å². The summed E-state index contributed by atoms with van der Waals surface area (Å²) in [4.78, 5) is 16.4. The Bertz CT molecular complexity index is 819. The summed E-state index contributed by atoms with van der Waals surface area (Å²) >= 11 is 1.26. The van der Waals surface area contributed by atoms with Gasteiger partial charge in [-0.05, 0) is 32.0 Å². The van der Waals surface area contributed by atoms with Gasteiger partial charge >= 0.3 is 0 Å². The number of carbonyl (C=O) groups excluding carboxylic acids is 1. The van der Waals surface area contributed by atoms with Gasteiger partial charge in [-0.1, -0.05) is 11.8 Å². The van der Waals surface area contributed by atoms with E-state index in [1.54, 1.807) is 6.26 Å². The zero-order chi connectivity index (χ0) is 16.4. The number of thioether (sulfide) groups is 1. The van der Waals surface area contributed by atoms with E-state index < -0.39 is 0 Å². The SMILES string of the molecule is Cc1cc(C(=O)CSc2n[nH]c(N)n2)c(C)n1Cc1ccco1. The number of aryl methyl sites for hydroxylation is 1. The molecule has 3 aromatic rings. The number of nitrogens with two attached hydrogens (primary N) is 1. The van der Waals surface area contributed by atoms with Crippen molar-refractivity contribution in [3.8, 4) is 0 Å². The lowest BCUT2D eigenvalue weighted by atomic mass is 10.2. The largest absolute Gasteiger partial charge is 0.467 e. The summed E-state index contributed by atoms with van der Waals surface area (Å²) in [6.07, 6.45) is 1.65. The predicted octanol–water partition coefficient (Wildman–Crippen LogP) is 2.42. The molecule has 3 aromatic heterocycles. The summed E-state index contributed by atoms with van der Waals surface area (Å²) in [5.41, 5.74) is 8.13. The van der Waals surface area contributed by atoms with Crippen LogP contribution in [0, 0.1) is 13.8 Å². The van der Waals surface area contributed by atoms with Gasteiger partial charge in [-0.25, -0.2) is 5.10 Å². The Kier molecular flexibility index (Phi) is 4.24. The zero-order valence-electron chi connectivity index (χ0n) is 12.9. The Morgan fingerprint density at radius 3 is 2.96 bits per heavy atom. The molecule has 0 aliphatic rings. The van der Waals surface area contributed by atoms with E-state index in [-0.39, 0.29) is 17.5 Å². The third-order valence-corrected chi connectivity index (χ3v) is 4.43. The lowest BCUT2D eigenvalue weighted by Crippen LogP contribution is -2.07. The van der Waals surface area contributed by atoms with Gasteiger partial charge < -0.3 is 14.7 Å². The molecular formula is C15H17N5O2S. The Balaban J connectivity index is 1.73. The van der Waals surface area contributed by atoms with Gasteiger partial charge in [0, 0.05) is 17.0 Å². The molecule has 3 heterocycles. The zero-order valence-corrected chi connectivity index (χ0v) is 13.7. The molecule has 0 aliphatic carbocycles. The second-order valence-electron chi connectivity index (χ2n) is 5.17. The van der Waals surface area contributed by atoms with Crippen LogP contribution in [-0.2, 0) is 6.54 Å². The molecule has 8 heteroatoms. The Morgan fingerprint density at radius 2 is 2.30 bits per heavy atom. The smallest absolute Gasteiger partial charge is 0.216 e. The highest BCUT2D eigenvalue weighted by Gasteiger charge is 2.17. The average molecular weight is 331 g/mol. The normalized spacial score (nSPS) is 11.0. The average Bonchev–Trinajstić information content (AvgIpc) is 3.23. The number of anilines is 1. The van der Waals surface area contributed by atoms with E-state index in [9.17, 15) is 4.79 Å². The van der Waals surface area contributed by atoms with Gasteiger partial charge in [0.25, 0.3) is 0 Å². The molecule has 23 heavy (non-hydrogen) atoms. The van der Waals surface area contributed by atoms with E-state index in [4.69, 9.17) is 10.2 Å². The fourth-order valence-corrected chi connectivity index (χ4v) is 3.10. The van der Waals surface area contributed by atoms with E-state index >= 15 is 0 Å². The van der Waals surface area contributed by atoms with Crippen LogP contribution in [0.3, 0.4) is 0 Å². The van der Waals surface area contributed by atoms with Crippen molar-refractivity contribution in [1.29, 1.82) is 0 Å². The lowest BCUT2D eigenvalue weighted by Gasteiger charge is -2.07. The summed E-state index contributed by atoms with van der Waals surface area (Å²) < 4.78 is 7.45. The van der Waals surface area contributed by atoms with E-state index in [1.165, 1.54) is 11.8 Å². The number of nitrogen functional groups attached to an aromatic ring is 1. The number of carbonyl (C=O) groups is 1. The predicted molar refractivity (Wildman–Crippen MR) is 87.6 cm³/mol. The first-order valence-corrected chi connectivity index (χ1v) is 8.06. The summed E-state index contributed by atoms with van der Waals surface area (Å²) in [6, 6.07) is 5.69. The lowest BCUT2D eigenvalue weighted by molar-refractivity contribution is 0.102. The van der Waals surface area contributed by atoms with Gasteiger partial charge in [-0.15, -0.1) is 5.10 Å². The van der Waals surface area contributed by atoms with Gasteiger partial charge in [0.15, 0.2) is 5.78 Å². The maximum absolute atomic E-state index is 12.5. The Labute approximate surface area is 137 Å². The monoisotopic (exact) mass is 331 g/mol. The molecule has 0 bridgehead atoms. The number of nitrogens with one attached hydrogen (secondary N) is 1. The first-order chi connectivity index (χ1) is 11.0. The number of hydrogen-bond donors (Lipinski definition) is 2. The van der Waals surface area contributed by atoms with Gasteiger partial charge in [0.05, 0.1) is 18.6 Å². The molecule has 0 amide bonds. The third-order valence-electron chi connectivity index (χ3n) is 3.58. The summed E-state index contributed by atoms with van der Waals surface area (Å²) in [5.74, 6) is 1.41. The standard InChI is InChI=1S/C15H17N5O2S/c1-9-6-12(10(2)20(9)7-11-4-3-5-22-11)13(21)8-23-15-17-14(16)18-19-15/h3-6H,7-8H2,1-2H3,(H3,16,17,18,19). The highest BCUT2D eigenvalue weighted by Crippen LogP contribution is 2.21. The molecule has 0 radical (unpaired) electrons. The molecule has 0 saturated carbocycles. The van der Waals surface area contributed by atoms with Crippen molar-refractivity contribution in [1.82, 2.24) is 19.7 Å². The maximum Gasteiger partial charge on any atom is 0.216 e. The summed E-state index contributed by atoms with van der Waals surface area (Å²) in [5, 5.41) is 6.93. The van der Waals surface area contributed by atoms with Crippen LogP contribution in [-0.4, -0.2) is 31.3 Å². The first-order valence-electron chi connectivity index (χ1n) is 7.07. The van der Waals surface area contributed by atoms with Crippen molar-refractivity contribution < 1.29 is 9.21 Å². The molecule has 7 nitrogen and oxygen atoms in total. The molecule has 0 atom stereocenters. The Hall–Kier alpha value is -2.48. The van der Waals surface area contributed by atoms with Crippen molar-refractivity contribution >= 4 is 23.5 Å². The second-order valence-corrected chi connectivity index (χ2v) is 6.11. The first kappa shape index (κ1) is 15.4. The number of nitrogens with zero attached hydrogens (tertiary/aromatic N) is 3. The van der Waals surface area contributed by atoms with Crippen LogP contribution in [0.15, 0.2) is 34.0 Å². The van der Waals surface area contributed by atoms with E-state index in [0.717, 1.165) is 17.1 Å². The van der Waals surface area contributed by atoms with Gasteiger partial charge in [0.1, 0.15) is 5.76 Å². The topological polar surface area (TPSA) is 103 Å². The van der Waals surface area contributed by atoms with Gasteiger partial charge in [0.2, 0.25) is 11.1 Å². The number of H-pyrrole nitrogens is 1. The molecule has 0 saturated heterocycles. The number of furan rings is 1. The highest BCUT2D eigenvalue weighted by atomic mass is 32.2. The number of hydrogen-bond acceptors (Lipinski definition) is 6.